The lowest BCUT2D eigenvalue weighted by atomic mass is 10.1. The van der Waals surface area contributed by atoms with Crippen molar-refractivity contribution in [2.75, 3.05) is 11.4 Å². The van der Waals surface area contributed by atoms with E-state index in [-0.39, 0.29) is 11.8 Å². The van der Waals surface area contributed by atoms with Crippen LogP contribution in [0.5, 0.6) is 0 Å². The highest BCUT2D eigenvalue weighted by atomic mass is 16.2. The Kier molecular flexibility index (Phi) is 4.11. The molecule has 0 heterocycles. The molecule has 0 aromatic heterocycles. The molecule has 1 rings (SSSR count). The number of carbonyl (C=O) groups excluding carboxylic acids is 1. The van der Waals surface area contributed by atoms with Crippen molar-refractivity contribution in [2.24, 2.45) is 5.92 Å². The topological polar surface area (TPSA) is 20.3 Å². The van der Waals surface area contributed by atoms with E-state index in [9.17, 15) is 4.79 Å². The molecule has 0 N–H and O–H groups in total. The number of benzene rings is 1. The number of rotatable bonds is 3. The van der Waals surface area contributed by atoms with Crippen molar-refractivity contribution in [1.82, 2.24) is 0 Å². The quantitative estimate of drug-likeness (QED) is 0.763. The highest BCUT2D eigenvalue weighted by molar-refractivity contribution is 5.96. The van der Waals surface area contributed by atoms with Crippen LogP contribution in [0.3, 0.4) is 0 Å². The third kappa shape index (κ3) is 2.43. The van der Waals surface area contributed by atoms with Gasteiger partial charge in [0.25, 0.3) is 0 Å². The minimum Gasteiger partial charge on any atom is -0.312 e. The zero-order valence-corrected chi connectivity index (χ0v) is 10.9. The zero-order valence-electron chi connectivity index (χ0n) is 10.9. The Labute approximate surface area is 98.3 Å². The van der Waals surface area contributed by atoms with Gasteiger partial charge >= 0.3 is 0 Å². The first kappa shape index (κ1) is 12.8. The van der Waals surface area contributed by atoms with Crippen molar-refractivity contribution in [1.29, 1.82) is 0 Å². The first-order valence-electron chi connectivity index (χ1n) is 5.86. The number of hydrogen-bond acceptors (Lipinski definition) is 1. The number of hydrogen-bond donors (Lipinski definition) is 0. The SMILES string of the molecule is CCN(C(=O)C(C)C)c1c(C)cccc1C. The summed E-state index contributed by atoms with van der Waals surface area (Å²) in [6, 6.07) is 6.14. The van der Waals surface area contributed by atoms with E-state index in [1.54, 1.807) is 0 Å². The van der Waals surface area contributed by atoms with Gasteiger partial charge < -0.3 is 4.90 Å². The number of aryl methyl sites for hydroxylation is 2. The predicted octanol–water partition coefficient (Wildman–Crippen LogP) is 3.31. The van der Waals surface area contributed by atoms with Crippen molar-refractivity contribution in [3.05, 3.63) is 29.3 Å². The van der Waals surface area contributed by atoms with Crippen LogP contribution in [-0.4, -0.2) is 12.5 Å². The van der Waals surface area contributed by atoms with E-state index in [0.29, 0.717) is 0 Å². The van der Waals surface area contributed by atoms with Crippen molar-refractivity contribution in [3.8, 4) is 0 Å². The highest BCUT2D eigenvalue weighted by Gasteiger charge is 2.19. The van der Waals surface area contributed by atoms with E-state index >= 15 is 0 Å². The average molecular weight is 219 g/mol. The number of anilines is 1. The Morgan fingerprint density at radius 1 is 1.25 bits per heavy atom. The van der Waals surface area contributed by atoms with Gasteiger partial charge in [0.1, 0.15) is 0 Å². The number of para-hydroxylation sites is 1. The molecule has 1 aromatic carbocycles. The second-order valence-corrected chi connectivity index (χ2v) is 4.48. The molecular formula is C14H21NO. The van der Waals surface area contributed by atoms with Crippen LogP contribution in [0.4, 0.5) is 5.69 Å². The molecule has 16 heavy (non-hydrogen) atoms. The van der Waals surface area contributed by atoms with Gasteiger partial charge in [0.15, 0.2) is 0 Å². The molecule has 2 heteroatoms. The van der Waals surface area contributed by atoms with Gasteiger partial charge in [0.2, 0.25) is 5.91 Å². The van der Waals surface area contributed by atoms with E-state index < -0.39 is 0 Å². The predicted molar refractivity (Wildman–Crippen MR) is 68.8 cm³/mol. The van der Waals surface area contributed by atoms with Crippen molar-refractivity contribution < 1.29 is 4.79 Å². The van der Waals surface area contributed by atoms with Gasteiger partial charge in [-0.15, -0.1) is 0 Å². The third-order valence-electron chi connectivity index (χ3n) is 2.79. The van der Waals surface area contributed by atoms with Crippen LogP contribution in [0.1, 0.15) is 31.9 Å². The van der Waals surface area contributed by atoms with E-state index in [0.717, 1.165) is 23.4 Å². The van der Waals surface area contributed by atoms with Crippen molar-refractivity contribution >= 4 is 11.6 Å². The molecule has 0 fully saturated rings. The first-order chi connectivity index (χ1) is 7.49. The summed E-state index contributed by atoms with van der Waals surface area (Å²) in [5.74, 6) is 0.235. The number of carbonyl (C=O) groups is 1. The molecule has 0 atom stereocenters. The van der Waals surface area contributed by atoms with Crippen LogP contribution in [-0.2, 0) is 4.79 Å². The lowest BCUT2D eigenvalue weighted by Crippen LogP contribution is -2.35. The smallest absolute Gasteiger partial charge is 0.229 e. The largest absolute Gasteiger partial charge is 0.312 e. The Morgan fingerprint density at radius 2 is 1.75 bits per heavy atom. The monoisotopic (exact) mass is 219 g/mol. The molecule has 0 unspecified atom stereocenters. The van der Waals surface area contributed by atoms with Gasteiger partial charge in [-0.05, 0) is 31.9 Å². The first-order valence-corrected chi connectivity index (χ1v) is 5.86. The summed E-state index contributed by atoms with van der Waals surface area (Å²) < 4.78 is 0. The van der Waals surface area contributed by atoms with Gasteiger partial charge in [-0.1, -0.05) is 32.0 Å². The fourth-order valence-electron chi connectivity index (χ4n) is 1.97. The standard InChI is InChI=1S/C14H21NO/c1-6-15(14(16)10(2)3)13-11(4)8-7-9-12(13)5/h7-10H,6H2,1-5H3. The summed E-state index contributed by atoms with van der Waals surface area (Å²) in [7, 11) is 0. The lowest BCUT2D eigenvalue weighted by molar-refractivity contribution is -0.121. The molecular weight excluding hydrogens is 198 g/mol. The molecule has 88 valence electrons. The maximum Gasteiger partial charge on any atom is 0.229 e. The van der Waals surface area contributed by atoms with Crippen LogP contribution < -0.4 is 4.90 Å². The number of nitrogens with zero attached hydrogens (tertiary/aromatic N) is 1. The van der Waals surface area contributed by atoms with Crippen molar-refractivity contribution in [2.45, 2.75) is 34.6 Å². The molecule has 0 bridgehead atoms. The molecule has 0 aliphatic rings. The molecule has 0 saturated carbocycles. The fraction of sp³-hybridized carbons (Fsp3) is 0.500. The van der Waals surface area contributed by atoms with Gasteiger partial charge in [-0.3, -0.25) is 4.79 Å². The summed E-state index contributed by atoms with van der Waals surface area (Å²) in [6.45, 7) is 10.7. The fourth-order valence-corrected chi connectivity index (χ4v) is 1.97. The van der Waals surface area contributed by atoms with Crippen LogP contribution >= 0.6 is 0 Å². The molecule has 0 radical (unpaired) electrons. The molecule has 1 amide bonds. The summed E-state index contributed by atoms with van der Waals surface area (Å²) in [4.78, 5) is 14.0. The molecule has 2 nitrogen and oxygen atoms in total. The summed E-state index contributed by atoms with van der Waals surface area (Å²) in [5, 5.41) is 0. The highest BCUT2D eigenvalue weighted by Crippen LogP contribution is 2.25. The zero-order chi connectivity index (χ0) is 12.3. The average Bonchev–Trinajstić information content (AvgIpc) is 2.22. The molecule has 1 aromatic rings. The van der Waals surface area contributed by atoms with Gasteiger partial charge in [0.05, 0.1) is 0 Å². The minimum atomic E-state index is 0.0407. The van der Waals surface area contributed by atoms with Gasteiger partial charge in [0, 0.05) is 18.2 Å². The molecule has 0 aliphatic heterocycles. The molecule has 0 saturated heterocycles. The van der Waals surface area contributed by atoms with Gasteiger partial charge in [-0.25, -0.2) is 0 Å². The van der Waals surface area contributed by atoms with E-state index in [1.165, 1.54) is 0 Å². The Balaban J connectivity index is 3.18. The van der Waals surface area contributed by atoms with E-state index in [1.807, 2.05) is 31.7 Å². The Hall–Kier alpha value is -1.31. The van der Waals surface area contributed by atoms with E-state index in [4.69, 9.17) is 0 Å². The van der Waals surface area contributed by atoms with Crippen LogP contribution in [0.15, 0.2) is 18.2 Å². The Bertz CT molecular complexity index is 362. The van der Waals surface area contributed by atoms with Crippen LogP contribution in [0.2, 0.25) is 0 Å². The molecule has 0 spiro atoms. The number of amides is 1. The normalized spacial score (nSPS) is 10.6. The minimum absolute atomic E-state index is 0.0407. The van der Waals surface area contributed by atoms with Crippen LogP contribution in [0.25, 0.3) is 0 Å². The Morgan fingerprint density at radius 3 is 2.12 bits per heavy atom. The maximum atomic E-state index is 12.1. The van der Waals surface area contributed by atoms with Crippen LogP contribution in [0, 0.1) is 19.8 Å². The second kappa shape index (κ2) is 5.15. The van der Waals surface area contributed by atoms with Gasteiger partial charge in [-0.2, -0.15) is 0 Å². The van der Waals surface area contributed by atoms with Crippen molar-refractivity contribution in [3.63, 3.8) is 0 Å². The second-order valence-electron chi connectivity index (χ2n) is 4.48. The summed E-state index contributed by atoms with van der Waals surface area (Å²) >= 11 is 0. The lowest BCUT2D eigenvalue weighted by Gasteiger charge is -2.26. The maximum absolute atomic E-state index is 12.1. The third-order valence-corrected chi connectivity index (χ3v) is 2.79. The van der Waals surface area contributed by atoms with E-state index in [2.05, 4.69) is 26.0 Å². The summed E-state index contributed by atoms with van der Waals surface area (Å²) in [6.07, 6.45) is 0. The summed E-state index contributed by atoms with van der Waals surface area (Å²) in [5.41, 5.74) is 3.40. The molecule has 0 aliphatic carbocycles.